The standard InChI is InChI=1S/C14H21N3OS/c1-3-9-18-12-7-4-6-11-13(12)16-14(15)17(11)8-5-10-19-2/h4,6-7H,3,5,8-10H2,1-2H3,(H2,15,16). The minimum Gasteiger partial charge on any atom is -0.491 e. The second-order valence-electron chi connectivity index (χ2n) is 4.44. The second-order valence-corrected chi connectivity index (χ2v) is 5.43. The van der Waals surface area contributed by atoms with Gasteiger partial charge in [-0.25, -0.2) is 4.98 Å². The molecule has 5 heteroatoms. The van der Waals surface area contributed by atoms with E-state index in [0.29, 0.717) is 12.6 Å². The molecule has 2 rings (SSSR count). The number of hydrogen-bond acceptors (Lipinski definition) is 4. The monoisotopic (exact) mass is 279 g/mol. The summed E-state index contributed by atoms with van der Waals surface area (Å²) in [7, 11) is 0. The third kappa shape index (κ3) is 3.15. The van der Waals surface area contributed by atoms with Crippen LogP contribution < -0.4 is 10.5 Å². The van der Waals surface area contributed by atoms with Gasteiger partial charge in [0, 0.05) is 6.54 Å². The first-order chi connectivity index (χ1) is 9.27. The quantitative estimate of drug-likeness (QED) is 0.791. The molecular formula is C14H21N3OS. The van der Waals surface area contributed by atoms with E-state index in [4.69, 9.17) is 10.5 Å². The fraction of sp³-hybridized carbons (Fsp3) is 0.500. The molecule has 0 bridgehead atoms. The highest BCUT2D eigenvalue weighted by molar-refractivity contribution is 7.98. The number of ether oxygens (including phenoxy) is 1. The summed E-state index contributed by atoms with van der Waals surface area (Å²) in [6.45, 7) is 3.70. The zero-order chi connectivity index (χ0) is 13.7. The van der Waals surface area contributed by atoms with Gasteiger partial charge in [0.25, 0.3) is 0 Å². The average molecular weight is 279 g/mol. The fourth-order valence-corrected chi connectivity index (χ4v) is 2.49. The van der Waals surface area contributed by atoms with E-state index < -0.39 is 0 Å². The van der Waals surface area contributed by atoms with E-state index in [1.165, 1.54) is 0 Å². The summed E-state index contributed by atoms with van der Waals surface area (Å²) in [5, 5.41) is 0. The minimum absolute atomic E-state index is 0.573. The van der Waals surface area contributed by atoms with Gasteiger partial charge in [-0.05, 0) is 37.0 Å². The highest BCUT2D eigenvalue weighted by Gasteiger charge is 2.11. The summed E-state index contributed by atoms with van der Waals surface area (Å²) in [5.41, 5.74) is 7.96. The lowest BCUT2D eigenvalue weighted by atomic mass is 10.3. The van der Waals surface area contributed by atoms with Crippen LogP contribution in [0.5, 0.6) is 5.75 Å². The predicted molar refractivity (Wildman–Crippen MR) is 82.9 cm³/mol. The Labute approximate surface area is 118 Å². The molecule has 0 aliphatic rings. The molecule has 1 aromatic carbocycles. The lowest BCUT2D eigenvalue weighted by Crippen LogP contribution is -2.04. The minimum atomic E-state index is 0.573. The number of nitrogens with two attached hydrogens (primary N) is 1. The van der Waals surface area contributed by atoms with Gasteiger partial charge in [0.15, 0.2) is 0 Å². The molecule has 1 aromatic heterocycles. The van der Waals surface area contributed by atoms with Crippen LogP contribution in [0.15, 0.2) is 18.2 Å². The van der Waals surface area contributed by atoms with Crippen LogP contribution in [-0.2, 0) is 6.54 Å². The molecule has 19 heavy (non-hydrogen) atoms. The molecule has 0 saturated carbocycles. The van der Waals surface area contributed by atoms with Gasteiger partial charge in [-0.1, -0.05) is 13.0 Å². The van der Waals surface area contributed by atoms with Gasteiger partial charge in [0.2, 0.25) is 5.95 Å². The largest absolute Gasteiger partial charge is 0.491 e. The number of imidazole rings is 1. The van der Waals surface area contributed by atoms with Crippen molar-refractivity contribution < 1.29 is 4.74 Å². The number of thioether (sulfide) groups is 1. The van der Waals surface area contributed by atoms with Gasteiger partial charge in [-0.15, -0.1) is 0 Å². The Morgan fingerprint density at radius 1 is 1.42 bits per heavy atom. The average Bonchev–Trinajstić information content (AvgIpc) is 2.74. The van der Waals surface area contributed by atoms with Crippen LogP contribution in [0.3, 0.4) is 0 Å². The number of nitrogens with zero attached hydrogens (tertiary/aromatic N) is 2. The van der Waals surface area contributed by atoms with E-state index in [0.717, 1.165) is 41.9 Å². The Morgan fingerprint density at radius 3 is 3.00 bits per heavy atom. The van der Waals surface area contributed by atoms with Crippen molar-refractivity contribution in [2.75, 3.05) is 24.3 Å². The van der Waals surface area contributed by atoms with Gasteiger partial charge in [-0.3, -0.25) is 0 Å². The van der Waals surface area contributed by atoms with Crippen LogP contribution >= 0.6 is 11.8 Å². The maximum atomic E-state index is 6.02. The molecule has 0 aliphatic heterocycles. The third-order valence-corrected chi connectivity index (χ3v) is 3.66. The number of hydrogen-bond donors (Lipinski definition) is 1. The maximum absolute atomic E-state index is 6.02. The van der Waals surface area contributed by atoms with Gasteiger partial charge >= 0.3 is 0 Å². The van der Waals surface area contributed by atoms with Crippen molar-refractivity contribution in [3.05, 3.63) is 18.2 Å². The van der Waals surface area contributed by atoms with E-state index >= 15 is 0 Å². The number of anilines is 1. The fourth-order valence-electron chi connectivity index (χ4n) is 2.07. The van der Waals surface area contributed by atoms with E-state index in [2.05, 4.69) is 28.8 Å². The predicted octanol–water partition coefficient (Wildman–Crippen LogP) is 3.16. The van der Waals surface area contributed by atoms with Crippen LogP contribution in [0.25, 0.3) is 11.0 Å². The number of aryl methyl sites for hydroxylation is 1. The summed E-state index contributed by atoms with van der Waals surface area (Å²) >= 11 is 1.85. The van der Waals surface area contributed by atoms with Crippen molar-refractivity contribution in [1.82, 2.24) is 9.55 Å². The van der Waals surface area contributed by atoms with Crippen LogP contribution in [0.2, 0.25) is 0 Å². The SMILES string of the molecule is CCCOc1cccc2c1nc(N)n2CCCSC. The zero-order valence-corrected chi connectivity index (χ0v) is 12.4. The normalized spacial score (nSPS) is 11.1. The van der Waals surface area contributed by atoms with Crippen molar-refractivity contribution in [3.8, 4) is 5.75 Å². The maximum Gasteiger partial charge on any atom is 0.201 e. The molecule has 104 valence electrons. The number of aromatic nitrogens is 2. The number of rotatable bonds is 7. The van der Waals surface area contributed by atoms with E-state index in [1.54, 1.807) is 0 Å². The molecule has 0 spiro atoms. The first-order valence-electron chi connectivity index (χ1n) is 6.64. The highest BCUT2D eigenvalue weighted by atomic mass is 32.2. The molecule has 1 heterocycles. The molecule has 0 aliphatic carbocycles. The summed E-state index contributed by atoms with van der Waals surface area (Å²) < 4.78 is 7.80. The first-order valence-corrected chi connectivity index (χ1v) is 8.03. The van der Waals surface area contributed by atoms with E-state index in [1.807, 2.05) is 23.9 Å². The van der Waals surface area contributed by atoms with Crippen molar-refractivity contribution in [2.45, 2.75) is 26.3 Å². The van der Waals surface area contributed by atoms with Crippen molar-refractivity contribution >= 4 is 28.7 Å². The lowest BCUT2D eigenvalue weighted by Gasteiger charge is -2.07. The topological polar surface area (TPSA) is 53.1 Å². The smallest absolute Gasteiger partial charge is 0.201 e. The third-order valence-electron chi connectivity index (χ3n) is 2.96. The van der Waals surface area contributed by atoms with Crippen LogP contribution in [-0.4, -0.2) is 28.2 Å². The molecule has 0 amide bonds. The van der Waals surface area contributed by atoms with Crippen LogP contribution in [0.4, 0.5) is 5.95 Å². The molecule has 0 fully saturated rings. The lowest BCUT2D eigenvalue weighted by molar-refractivity contribution is 0.320. The summed E-state index contributed by atoms with van der Waals surface area (Å²) in [6, 6.07) is 6.01. The molecule has 2 N–H and O–H groups in total. The first kappa shape index (κ1) is 14.1. The molecule has 0 radical (unpaired) electrons. The Hall–Kier alpha value is -1.36. The Balaban J connectivity index is 2.29. The summed E-state index contributed by atoms with van der Waals surface area (Å²) in [6.07, 6.45) is 4.20. The second kappa shape index (κ2) is 6.70. The van der Waals surface area contributed by atoms with Crippen molar-refractivity contribution in [2.24, 2.45) is 0 Å². The molecule has 0 saturated heterocycles. The Morgan fingerprint density at radius 2 is 2.26 bits per heavy atom. The van der Waals surface area contributed by atoms with Crippen LogP contribution in [0, 0.1) is 0 Å². The van der Waals surface area contributed by atoms with E-state index in [9.17, 15) is 0 Å². The molecule has 4 nitrogen and oxygen atoms in total. The number of fused-ring (bicyclic) bond motifs is 1. The molecule has 2 aromatic rings. The molecule has 0 unspecified atom stereocenters. The van der Waals surface area contributed by atoms with Gasteiger partial charge < -0.3 is 15.0 Å². The van der Waals surface area contributed by atoms with Gasteiger partial charge in [-0.2, -0.15) is 11.8 Å². The number of nitrogen functional groups attached to an aromatic ring is 1. The molecular weight excluding hydrogens is 258 g/mol. The van der Waals surface area contributed by atoms with Gasteiger partial charge in [0.1, 0.15) is 11.3 Å². The van der Waals surface area contributed by atoms with Crippen LogP contribution in [0.1, 0.15) is 19.8 Å². The van der Waals surface area contributed by atoms with Crippen molar-refractivity contribution in [1.29, 1.82) is 0 Å². The van der Waals surface area contributed by atoms with E-state index in [-0.39, 0.29) is 0 Å². The Bertz CT molecular complexity index is 539. The summed E-state index contributed by atoms with van der Waals surface area (Å²) in [4.78, 5) is 4.45. The number of benzene rings is 1. The summed E-state index contributed by atoms with van der Waals surface area (Å²) in [5.74, 6) is 2.53. The number of para-hydroxylation sites is 1. The molecule has 0 atom stereocenters. The highest BCUT2D eigenvalue weighted by Crippen LogP contribution is 2.27. The van der Waals surface area contributed by atoms with Crippen molar-refractivity contribution in [3.63, 3.8) is 0 Å². The Kier molecular flexibility index (Phi) is 4.96. The van der Waals surface area contributed by atoms with Gasteiger partial charge in [0.05, 0.1) is 12.1 Å². The zero-order valence-electron chi connectivity index (χ0n) is 11.6.